The first-order valence-corrected chi connectivity index (χ1v) is 11.5. The highest BCUT2D eigenvalue weighted by Gasteiger charge is 2.17. The van der Waals surface area contributed by atoms with Crippen LogP contribution in [-0.2, 0) is 7.05 Å². The van der Waals surface area contributed by atoms with Crippen LogP contribution >= 0.6 is 0 Å². The normalized spacial score (nSPS) is 17.4. The van der Waals surface area contributed by atoms with Gasteiger partial charge in [-0.1, -0.05) is 31.2 Å². The monoisotopic (exact) mass is 431 g/mol. The van der Waals surface area contributed by atoms with E-state index in [2.05, 4.69) is 53.2 Å². The summed E-state index contributed by atoms with van der Waals surface area (Å²) < 4.78 is 1.66. The first kappa shape index (κ1) is 22.1. The molecule has 168 valence electrons. The Morgan fingerprint density at radius 2 is 1.88 bits per heavy atom. The predicted octanol–water partition coefficient (Wildman–Crippen LogP) is 4.00. The highest BCUT2D eigenvalue weighted by molar-refractivity contribution is 5.70. The zero-order valence-electron chi connectivity index (χ0n) is 19.3. The number of nitrogens with one attached hydrogen (secondary N) is 1. The van der Waals surface area contributed by atoms with E-state index in [1.807, 2.05) is 37.7 Å². The number of nitrogens with zero attached hydrogens (tertiary/aromatic N) is 4. The van der Waals surface area contributed by atoms with Crippen molar-refractivity contribution in [1.29, 1.82) is 0 Å². The van der Waals surface area contributed by atoms with Gasteiger partial charge in [0.05, 0.1) is 0 Å². The standard InChI is InChI=1S/C26H33N5O/c1-4-30-14-16-31(17-15-30)25-12-11-22(9-7-13-27-25)28-24-18-21(19-29(3)26(24)32)23-10-6-5-8-20(23)2/h5-6,8,10-13,18-19,28H,4,7,9,14-17H2,1-3H3. The second-order valence-electron chi connectivity index (χ2n) is 8.49. The molecule has 4 rings (SSSR count). The van der Waals surface area contributed by atoms with Gasteiger partial charge in [-0.25, -0.2) is 4.99 Å². The van der Waals surface area contributed by atoms with Crippen LogP contribution in [0, 0.1) is 6.92 Å². The summed E-state index contributed by atoms with van der Waals surface area (Å²) in [6, 6.07) is 10.2. The molecule has 0 atom stereocenters. The molecular formula is C26H33N5O. The van der Waals surface area contributed by atoms with Crippen LogP contribution in [0.1, 0.15) is 25.3 Å². The molecule has 6 nitrogen and oxygen atoms in total. The lowest BCUT2D eigenvalue weighted by molar-refractivity contribution is 0.164. The lowest BCUT2D eigenvalue weighted by Crippen LogP contribution is -2.45. The molecule has 0 amide bonds. The van der Waals surface area contributed by atoms with Gasteiger partial charge in [0.1, 0.15) is 11.5 Å². The summed E-state index contributed by atoms with van der Waals surface area (Å²) in [5, 5.41) is 3.42. The molecule has 2 aromatic rings. The molecule has 0 aliphatic carbocycles. The third-order valence-electron chi connectivity index (χ3n) is 6.28. The van der Waals surface area contributed by atoms with Gasteiger partial charge in [-0.2, -0.15) is 0 Å². The highest BCUT2D eigenvalue weighted by atomic mass is 16.1. The maximum atomic E-state index is 12.9. The van der Waals surface area contributed by atoms with E-state index in [0.29, 0.717) is 5.69 Å². The quantitative estimate of drug-likeness (QED) is 0.778. The summed E-state index contributed by atoms with van der Waals surface area (Å²) >= 11 is 0. The Hall–Kier alpha value is -3.12. The number of anilines is 1. The van der Waals surface area contributed by atoms with Gasteiger partial charge < -0.3 is 19.7 Å². The van der Waals surface area contributed by atoms with Gasteiger partial charge >= 0.3 is 0 Å². The zero-order chi connectivity index (χ0) is 22.5. The summed E-state index contributed by atoms with van der Waals surface area (Å²) in [4.78, 5) is 22.4. The van der Waals surface area contributed by atoms with E-state index in [9.17, 15) is 4.79 Å². The van der Waals surface area contributed by atoms with Crippen LogP contribution in [0.3, 0.4) is 0 Å². The number of piperazine rings is 1. The van der Waals surface area contributed by atoms with Crippen molar-refractivity contribution in [3.63, 3.8) is 0 Å². The van der Waals surface area contributed by atoms with Gasteiger partial charge in [0.2, 0.25) is 0 Å². The van der Waals surface area contributed by atoms with Crippen molar-refractivity contribution in [3.8, 4) is 11.1 Å². The number of aryl methyl sites for hydroxylation is 2. The molecule has 1 aromatic heterocycles. The summed E-state index contributed by atoms with van der Waals surface area (Å²) in [7, 11) is 1.81. The molecule has 1 saturated heterocycles. The Kier molecular flexibility index (Phi) is 6.90. The fraction of sp³-hybridized carbons (Fsp3) is 0.385. The van der Waals surface area contributed by atoms with E-state index in [0.717, 1.165) is 68.2 Å². The Balaban J connectivity index is 1.58. The summed E-state index contributed by atoms with van der Waals surface area (Å²) in [5.41, 5.74) is 4.96. The van der Waals surface area contributed by atoms with Gasteiger partial charge in [-0.05, 0) is 55.7 Å². The van der Waals surface area contributed by atoms with Gasteiger partial charge in [0.25, 0.3) is 5.56 Å². The predicted molar refractivity (Wildman–Crippen MR) is 133 cm³/mol. The number of rotatable bonds is 5. The van der Waals surface area contributed by atoms with Gasteiger partial charge in [-0.15, -0.1) is 0 Å². The number of aromatic nitrogens is 1. The average Bonchev–Trinajstić information content (AvgIpc) is 2.79. The molecular weight excluding hydrogens is 398 g/mol. The molecule has 32 heavy (non-hydrogen) atoms. The van der Waals surface area contributed by atoms with E-state index < -0.39 is 0 Å². The third kappa shape index (κ3) is 5.02. The number of pyridine rings is 1. The van der Waals surface area contributed by atoms with Gasteiger partial charge in [-0.3, -0.25) is 4.79 Å². The third-order valence-corrected chi connectivity index (χ3v) is 6.28. The van der Waals surface area contributed by atoms with Crippen molar-refractivity contribution in [2.75, 3.05) is 38.0 Å². The summed E-state index contributed by atoms with van der Waals surface area (Å²) in [6.45, 7) is 9.53. The maximum Gasteiger partial charge on any atom is 0.273 e. The van der Waals surface area contributed by atoms with Crippen molar-refractivity contribution >= 4 is 11.9 Å². The number of likely N-dealkylation sites (N-methyl/N-ethyl adjacent to an activating group) is 1. The van der Waals surface area contributed by atoms with Crippen LogP contribution in [0.15, 0.2) is 70.0 Å². The molecule has 0 bridgehead atoms. The molecule has 1 N–H and O–H groups in total. The van der Waals surface area contributed by atoms with E-state index in [4.69, 9.17) is 4.99 Å². The lowest BCUT2D eigenvalue weighted by Gasteiger charge is -2.35. The molecule has 0 saturated carbocycles. The Morgan fingerprint density at radius 1 is 1.09 bits per heavy atom. The van der Waals surface area contributed by atoms with E-state index in [1.54, 1.807) is 4.57 Å². The maximum absolute atomic E-state index is 12.9. The van der Waals surface area contributed by atoms with Crippen LogP contribution in [0.5, 0.6) is 0 Å². The molecule has 0 unspecified atom stereocenters. The Morgan fingerprint density at radius 3 is 2.62 bits per heavy atom. The fourth-order valence-corrected chi connectivity index (χ4v) is 4.28. The molecule has 1 fully saturated rings. The number of hydrogen-bond acceptors (Lipinski definition) is 5. The second kappa shape index (κ2) is 10.0. The van der Waals surface area contributed by atoms with E-state index in [-0.39, 0.29) is 5.56 Å². The Bertz CT molecular complexity index is 1100. The fourth-order valence-electron chi connectivity index (χ4n) is 4.28. The summed E-state index contributed by atoms with van der Waals surface area (Å²) in [5.74, 6) is 1.00. The topological polar surface area (TPSA) is 52.9 Å². The van der Waals surface area contributed by atoms with Crippen LogP contribution in [0.4, 0.5) is 5.69 Å². The number of allylic oxidation sites excluding steroid dienone is 3. The zero-order valence-corrected chi connectivity index (χ0v) is 19.3. The second-order valence-corrected chi connectivity index (χ2v) is 8.49. The average molecular weight is 432 g/mol. The number of hydrogen-bond donors (Lipinski definition) is 1. The van der Waals surface area contributed by atoms with Crippen LogP contribution in [-0.4, -0.2) is 53.3 Å². The van der Waals surface area contributed by atoms with Crippen molar-refractivity contribution < 1.29 is 0 Å². The van der Waals surface area contributed by atoms with Crippen molar-refractivity contribution in [2.45, 2.75) is 26.7 Å². The molecule has 0 spiro atoms. The van der Waals surface area contributed by atoms with Crippen molar-refractivity contribution in [3.05, 3.63) is 76.1 Å². The Labute approximate surface area is 190 Å². The minimum Gasteiger partial charge on any atom is -0.354 e. The molecule has 2 aliphatic rings. The van der Waals surface area contributed by atoms with Gasteiger partial charge in [0, 0.05) is 56.9 Å². The highest BCUT2D eigenvalue weighted by Crippen LogP contribution is 2.25. The van der Waals surface area contributed by atoms with E-state index >= 15 is 0 Å². The SMILES string of the molecule is CCN1CCN(C2=CC=C(Nc3cc(-c4ccccc4C)cn(C)c3=O)CCC=N2)CC1. The number of benzene rings is 1. The minimum atomic E-state index is -0.0288. The molecule has 2 aliphatic heterocycles. The van der Waals surface area contributed by atoms with Crippen molar-refractivity contribution in [2.24, 2.45) is 12.0 Å². The minimum absolute atomic E-state index is 0.0288. The molecule has 0 radical (unpaired) electrons. The van der Waals surface area contributed by atoms with Gasteiger partial charge in [0.15, 0.2) is 0 Å². The molecule has 1 aromatic carbocycles. The summed E-state index contributed by atoms with van der Waals surface area (Å²) in [6.07, 6.45) is 9.71. The van der Waals surface area contributed by atoms with Crippen LogP contribution in [0.2, 0.25) is 0 Å². The first-order valence-electron chi connectivity index (χ1n) is 11.5. The lowest BCUT2D eigenvalue weighted by atomic mass is 10.0. The van der Waals surface area contributed by atoms with Crippen LogP contribution < -0.4 is 10.9 Å². The smallest absolute Gasteiger partial charge is 0.273 e. The largest absolute Gasteiger partial charge is 0.354 e. The van der Waals surface area contributed by atoms with Crippen LogP contribution in [0.25, 0.3) is 11.1 Å². The van der Waals surface area contributed by atoms with E-state index in [1.165, 1.54) is 5.56 Å². The van der Waals surface area contributed by atoms with Crippen molar-refractivity contribution in [1.82, 2.24) is 14.4 Å². The first-order chi connectivity index (χ1) is 15.5. The number of aliphatic imine (C=N–C) groups is 1. The molecule has 3 heterocycles. The molecule has 6 heteroatoms.